The molecule has 0 spiro atoms. The zero-order valence-electron chi connectivity index (χ0n) is 9.40. The van der Waals surface area contributed by atoms with Gasteiger partial charge in [0.2, 0.25) is 0 Å². The summed E-state index contributed by atoms with van der Waals surface area (Å²) in [6.07, 6.45) is 0. The normalized spacial score (nSPS) is 9.67. The molecule has 0 aliphatic carbocycles. The SMILES string of the molecule is CC(=O)OCC(=O)Nc1ccc(Cl)cc1C(=O)O. The van der Waals surface area contributed by atoms with E-state index in [-0.39, 0.29) is 16.3 Å². The fourth-order valence-electron chi connectivity index (χ4n) is 1.16. The number of halogens is 1. The molecule has 0 radical (unpaired) electrons. The van der Waals surface area contributed by atoms with Crippen LogP contribution in [0.2, 0.25) is 5.02 Å². The summed E-state index contributed by atoms with van der Waals surface area (Å²) < 4.78 is 4.48. The van der Waals surface area contributed by atoms with Crippen LogP contribution in [0, 0.1) is 0 Å². The van der Waals surface area contributed by atoms with E-state index in [1.165, 1.54) is 18.2 Å². The molecular formula is C11H10ClNO5. The Morgan fingerprint density at radius 1 is 1.39 bits per heavy atom. The Hall–Kier alpha value is -2.08. The molecule has 1 aromatic rings. The molecule has 0 aliphatic rings. The van der Waals surface area contributed by atoms with Crippen LogP contribution >= 0.6 is 11.6 Å². The number of esters is 1. The minimum Gasteiger partial charge on any atom is -0.478 e. The Balaban J connectivity index is 2.81. The summed E-state index contributed by atoms with van der Waals surface area (Å²) in [5.41, 5.74) is -0.0530. The molecule has 0 atom stereocenters. The van der Waals surface area contributed by atoms with Crippen molar-refractivity contribution in [2.24, 2.45) is 0 Å². The van der Waals surface area contributed by atoms with E-state index in [1.807, 2.05) is 0 Å². The van der Waals surface area contributed by atoms with Gasteiger partial charge in [0.05, 0.1) is 11.3 Å². The topological polar surface area (TPSA) is 92.7 Å². The number of nitrogens with one attached hydrogen (secondary N) is 1. The van der Waals surface area contributed by atoms with Gasteiger partial charge < -0.3 is 15.2 Å². The predicted octanol–water partition coefficient (Wildman–Crippen LogP) is 1.54. The first-order chi connectivity index (χ1) is 8.40. The lowest BCUT2D eigenvalue weighted by Crippen LogP contribution is -2.21. The summed E-state index contributed by atoms with van der Waals surface area (Å²) in [7, 11) is 0. The number of aromatic carboxylic acids is 1. The Bertz CT molecular complexity index is 500. The van der Waals surface area contributed by atoms with E-state index in [0.29, 0.717) is 0 Å². The number of amides is 1. The van der Waals surface area contributed by atoms with Crippen molar-refractivity contribution in [2.75, 3.05) is 11.9 Å². The number of benzene rings is 1. The highest BCUT2D eigenvalue weighted by Gasteiger charge is 2.13. The fourth-order valence-corrected chi connectivity index (χ4v) is 1.33. The van der Waals surface area contributed by atoms with Crippen molar-refractivity contribution < 1.29 is 24.2 Å². The van der Waals surface area contributed by atoms with Crippen LogP contribution in [0.3, 0.4) is 0 Å². The second kappa shape index (κ2) is 6.02. The van der Waals surface area contributed by atoms with E-state index < -0.39 is 24.5 Å². The summed E-state index contributed by atoms with van der Waals surface area (Å²) in [5, 5.41) is 11.5. The summed E-state index contributed by atoms with van der Waals surface area (Å²) in [5.74, 6) is -2.45. The van der Waals surface area contributed by atoms with Gasteiger partial charge in [0, 0.05) is 11.9 Å². The predicted molar refractivity (Wildman–Crippen MR) is 63.7 cm³/mol. The number of carbonyl (C=O) groups is 3. The van der Waals surface area contributed by atoms with Crippen LogP contribution < -0.4 is 5.32 Å². The molecule has 1 aromatic carbocycles. The second-order valence-electron chi connectivity index (χ2n) is 3.32. The number of carbonyl (C=O) groups excluding carboxylic acids is 2. The maximum atomic E-state index is 11.4. The van der Waals surface area contributed by atoms with Gasteiger partial charge in [0.1, 0.15) is 0 Å². The number of ether oxygens (including phenoxy) is 1. The number of carboxylic acid groups (broad SMARTS) is 1. The highest BCUT2D eigenvalue weighted by Crippen LogP contribution is 2.20. The summed E-state index contributed by atoms with van der Waals surface area (Å²) in [6.45, 7) is 0.690. The van der Waals surface area contributed by atoms with Gasteiger partial charge in [-0.1, -0.05) is 11.6 Å². The third kappa shape index (κ3) is 4.06. The standard InChI is InChI=1S/C11H10ClNO5/c1-6(14)18-5-10(15)13-9-3-2-7(12)4-8(9)11(16)17/h2-4H,5H2,1H3,(H,13,15)(H,16,17). The molecule has 0 aromatic heterocycles. The lowest BCUT2D eigenvalue weighted by Gasteiger charge is -2.08. The van der Waals surface area contributed by atoms with Crippen LogP contribution in [0.25, 0.3) is 0 Å². The largest absolute Gasteiger partial charge is 0.478 e. The molecule has 0 unspecified atom stereocenters. The van der Waals surface area contributed by atoms with Gasteiger partial charge in [-0.15, -0.1) is 0 Å². The molecule has 7 heteroatoms. The van der Waals surface area contributed by atoms with Gasteiger partial charge >= 0.3 is 11.9 Å². The van der Waals surface area contributed by atoms with Crippen molar-refractivity contribution in [3.05, 3.63) is 28.8 Å². The van der Waals surface area contributed by atoms with Crippen LogP contribution in [0.4, 0.5) is 5.69 Å². The number of rotatable bonds is 4. The maximum Gasteiger partial charge on any atom is 0.337 e. The molecule has 0 saturated carbocycles. The van der Waals surface area contributed by atoms with Crippen LogP contribution in [0.15, 0.2) is 18.2 Å². The van der Waals surface area contributed by atoms with E-state index in [1.54, 1.807) is 0 Å². The van der Waals surface area contributed by atoms with Gasteiger partial charge in [-0.25, -0.2) is 4.79 Å². The lowest BCUT2D eigenvalue weighted by molar-refractivity contribution is -0.144. The third-order valence-corrected chi connectivity index (χ3v) is 2.13. The van der Waals surface area contributed by atoms with Crippen LogP contribution in [-0.4, -0.2) is 29.6 Å². The van der Waals surface area contributed by atoms with E-state index >= 15 is 0 Å². The first kappa shape index (κ1) is 14.0. The highest BCUT2D eigenvalue weighted by molar-refractivity contribution is 6.31. The Labute approximate surface area is 108 Å². The maximum absolute atomic E-state index is 11.4. The molecule has 0 heterocycles. The van der Waals surface area contributed by atoms with Crippen molar-refractivity contribution in [3.8, 4) is 0 Å². The molecule has 18 heavy (non-hydrogen) atoms. The molecule has 1 rings (SSSR count). The van der Waals surface area contributed by atoms with E-state index in [4.69, 9.17) is 16.7 Å². The van der Waals surface area contributed by atoms with Gasteiger partial charge in [0.15, 0.2) is 6.61 Å². The summed E-state index contributed by atoms with van der Waals surface area (Å²) in [4.78, 5) is 32.8. The Morgan fingerprint density at radius 2 is 2.06 bits per heavy atom. The van der Waals surface area contributed by atoms with Gasteiger partial charge in [-0.05, 0) is 18.2 Å². The smallest absolute Gasteiger partial charge is 0.337 e. The van der Waals surface area contributed by atoms with Crippen LogP contribution in [0.5, 0.6) is 0 Å². The number of hydrogen-bond acceptors (Lipinski definition) is 4. The lowest BCUT2D eigenvalue weighted by atomic mass is 10.2. The van der Waals surface area contributed by atoms with Crippen LogP contribution in [-0.2, 0) is 14.3 Å². The Kier molecular flexibility index (Phi) is 4.67. The highest BCUT2D eigenvalue weighted by atomic mass is 35.5. The molecule has 0 aliphatic heterocycles. The van der Waals surface area contributed by atoms with E-state index in [9.17, 15) is 14.4 Å². The summed E-state index contributed by atoms with van der Waals surface area (Å²) in [6, 6.07) is 4.01. The monoisotopic (exact) mass is 271 g/mol. The number of carboxylic acids is 1. The number of anilines is 1. The zero-order chi connectivity index (χ0) is 13.7. The average Bonchev–Trinajstić information content (AvgIpc) is 2.28. The number of hydrogen-bond donors (Lipinski definition) is 2. The van der Waals surface area contributed by atoms with Gasteiger partial charge in [0.25, 0.3) is 5.91 Å². The molecule has 6 nitrogen and oxygen atoms in total. The first-order valence-corrected chi connectivity index (χ1v) is 5.24. The molecule has 1 amide bonds. The fraction of sp³-hybridized carbons (Fsp3) is 0.182. The molecule has 2 N–H and O–H groups in total. The molecule has 0 saturated heterocycles. The molecule has 0 bridgehead atoms. The van der Waals surface area contributed by atoms with Crippen molar-refractivity contribution in [1.29, 1.82) is 0 Å². The average molecular weight is 272 g/mol. The van der Waals surface area contributed by atoms with Crippen molar-refractivity contribution in [3.63, 3.8) is 0 Å². The van der Waals surface area contributed by atoms with Gasteiger partial charge in [-0.3, -0.25) is 9.59 Å². The van der Waals surface area contributed by atoms with Crippen molar-refractivity contribution in [1.82, 2.24) is 0 Å². The molecular weight excluding hydrogens is 262 g/mol. The van der Waals surface area contributed by atoms with Crippen molar-refractivity contribution >= 4 is 35.1 Å². The molecule has 0 fully saturated rings. The molecule has 96 valence electrons. The minimum atomic E-state index is -1.22. The summed E-state index contributed by atoms with van der Waals surface area (Å²) >= 11 is 5.65. The Morgan fingerprint density at radius 3 is 2.61 bits per heavy atom. The van der Waals surface area contributed by atoms with Crippen LogP contribution in [0.1, 0.15) is 17.3 Å². The van der Waals surface area contributed by atoms with E-state index in [0.717, 1.165) is 6.92 Å². The van der Waals surface area contributed by atoms with Crippen molar-refractivity contribution in [2.45, 2.75) is 6.92 Å². The third-order valence-electron chi connectivity index (χ3n) is 1.89. The minimum absolute atomic E-state index is 0.0871. The second-order valence-corrected chi connectivity index (χ2v) is 3.76. The zero-order valence-corrected chi connectivity index (χ0v) is 10.2. The van der Waals surface area contributed by atoms with E-state index in [2.05, 4.69) is 10.1 Å². The first-order valence-electron chi connectivity index (χ1n) is 4.86. The quantitative estimate of drug-likeness (QED) is 0.810. The van der Waals surface area contributed by atoms with Gasteiger partial charge in [-0.2, -0.15) is 0 Å².